The number of benzene rings is 1. The van der Waals surface area contributed by atoms with Crippen LogP contribution in [0.5, 0.6) is 0 Å². The van der Waals surface area contributed by atoms with Crippen molar-refractivity contribution in [1.29, 1.82) is 0 Å². The fourth-order valence-electron chi connectivity index (χ4n) is 2.57. The van der Waals surface area contributed by atoms with Gasteiger partial charge in [0, 0.05) is 18.2 Å². The van der Waals surface area contributed by atoms with Crippen LogP contribution < -0.4 is 10.0 Å². The Morgan fingerprint density at radius 1 is 1.28 bits per heavy atom. The summed E-state index contributed by atoms with van der Waals surface area (Å²) in [5, 5.41) is 2.71. The van der Waals surface area contributed by atoms with Gasteiger partial charge in [-0.2, -0.15) is 0 Å². The van der Waals surface area contributed by atoms with E-state index in [-0.39, 0.29) is 29.0 Å². The predicted molar refractivity (Wildman–Crippen MR) is 90.6 cm³/mol. The Kier molecular flexibility index (Phi) is 5.22. The van der Waals surface area contributed by atoms with Crippen molar-refractivity contribution in [3.05, 3.63) is 53.5 Å². The van der Waals surface area contributed by atoms with Crippen LogP contribution in [0, 0.1) is 6.92 Å². The van der Waals surface area contributed by atoms with Crippen molar-refractivity contribution in [3.8, 4) is 0 Å². The van der Waals surface area contributed by atoms with Gasteiger partial charge in [0.15, 0.2) is 0 Å². The summed E-state index contributed by atoms with van der Waals surface area (Å²) in [5.74, 6) is 1.03. The normalized spacial score (nSPS) is 17.6. The number of hydrogen-bond donors (Lipinski definition) is 2. The molecule has 1 aliphatic heterocycles. The first kappa shape index (κ1) is 17.7. The number of sulfonamides is 1. The Morgan fingerprint density at radius 2 is 2.12 bits per heavy atom. The van der Waals surface area contributed by atoms with Gasteiger partial charge in [-0.05, 0) is 43.7 Å². The molecule has 1 saturated heterocycles. The maximum Gasteiger partial charge on any atom is 0.251 e. The van der Waals surface area contributed by atoms with Gasteiger partial charge in [0.1, 0.15) is 11.5 Å². The minimum atomic E-state index is -3.69. The van der Waals surface area contributed by atoms with Crippen molar-refractivity contribution < 1.29 is 22.4 Å². The number of nitrogens with one attached hydrogen (secondary N) is 2. The lowest BCUT2D eigenvalue weighted by Gasteiger charge is -2.12. The lowest BCUT2D eigenvalue weighted by Crippen LogP contribution is -2.35. The topological polar surface area (TPSA) is 97.6 Å². The van der Waals surface area contributed by atoms with Crippen LogP contribution >= 0.6 is 0 Å². The van der Waals surface area contributed by atoms with Crippen molar-refractivity contribution in [2.75, 3.05) is 13.2 Å². The molecule has 2 aromatic rings. The van der Waals surface area contributed by atoms with E-state index >= 15 is 0 Å². The average Bonchev–Trinajstić information content (AvgIpc) is 3.24. The molecule has 8 heteroatoms. The molecule has 0 spiro atoms. The molecule has 0 unspecified atom stereocenters. The van der Waals surface area contributed by atoms with Crippen LogP contribution in [-0.4, -0.2) is 33.6 Å². The predicted octanol–water partition coefficient (Wildman–Crippen LogP) is 1.59. The molecule has 0 radical (unpaired) electrons. The highest BCUT2D eigenvalue weighted by Crippen LogP contribution is 2.15. The smallest absolute Gasteiger partial charge is 0.251 e. The molecular weight excluding hydrogens is 344 g/mol. The number of hydrogen-bond acceptors (Lipinski definition) is 5. The molecule has 7 nitrogen and oxygen atoms in total. The van der Waals surface area contributed by atoms with Crippen molar-refractivity contribution >= 4 is 15.9 Å². The van der Waals surface area contributed by atoms with Crippen molar-refractivity contribution in [2.24, 2.45) is 0 Å². The molecule has 1 atom stereocenters. The highest BCUT2D eigenvalue weighted by molar-refractivity contribution is 7.89. The fraction of sp³-hybridized carbons (Fsp3) is 0.353. The molecule has 1 aromatic carbocycles. The zero-order chi connectivity index (χ0) is 17.9. The second-order valence-electron chi connectivity index (χ2n) is 5.90. The number of carbonyl (C=O) groups excluding carboxylic acids is 1. The number of carbonyl (C=O) groups is 1. The molecule has 1 fully saturated rings. The highest BCUT2D eigenvalue weighted by Gasteiger charge is 2.24. The van der Waals surface area contributed by atoms with Crippen LogP contribution in [0.3, 0.4) is 0 Å². The molecule has 0 aliphatic carbocycles. The lowest BCUT2D eigenvalue weighted by atomic mass is 10.2. The quantitative estimate of drug-likeness (QED) is 0.811. The molecule has 2 N–H and O–H groups in total. The zero-order valence-corrected chi connectivity index (χ0v) is 14.6. The van der Waals surface area contributed by atoms with E-state index in [4.69, 9.17) is 9.15 Å². The van der Waals surface area contributed by atoms with E-state index in [1.54, 1.807) is 18.2 Å². The third-order valence-corrected chi connectivity index (χ3v) is 5.40. The number of ether oxygens (including phenoxy) is 1. The van der Waals surface area contributed by atoms with Crippen LogP contribution in [0.25, 0.3) is 0 Å². The van der Waals surface area contributed by atoms with E-state index in [9.17, 15) is 13.2 Å². The second kappa shape index (κ2) is 7.38. The average molecular weight is 364 g/mol. The highest BCUT2D eigenvalue weighted by atomic mass is 32.2. The standard InChI is InChI=1S/C17H20N2O5S/c1-12-5-6-15(24-12)10-18-17(20)13-3-2-4-16(9-13)25(21,22)19-14-7-8-23-11-14/h2-6,9,14,19H,7-8,10-11H2,1H3,(H,18,20)/t14-/m1/s1. The number of amides is 1. The van der Waals surface area contributed by atoms with Gasteiger partial charge in [-0.15, -0.1) is 0 Å². The third-order valence-electron chi connectivity index (χ3n) is 3.88. The third kappa shape index (κ3) is 4.47. The zero-order valence-electron chi connectivity index (χ0n) is 13.8. The monoisotopic (exact) mass is 364 g/mol. The Balaban J connectivity index is 1.68. The largest absolute Gasteiger partial charge is 0.465 e. The van der Waals surface area contributed by atoms with Gasteiger partial charge < -0.3 is 14.5 Å². The van der Waals surface area contributed by atoms with E-state index < -0.39 is 10.0 Å². The van der Waals surface area contributed by atoms with E-state index in [2.05, 4.69) is 10.0 Å². The first-order valence-corrected chi connectivity index (χ1v) is 9.46. The summed E-state index contributed by atoms with van der Waals surface area (Å²) < 4.78 is 38.0. The molecule has 25 heavy (non-hydrogen) atoms. The maximum absolute atomic E-state index is 12.4. The second-order valence-corrected chi connectivity index (χ2v) is 7.62. The van der Waals surface area contributed by atoms with Crippen LogP contribution in [-0.2, 0) is 21.3 Å². The first-order chi connectivity index (χ1) is 11.9. The van der Waals surface area contributed by atoms with Gasteiger partial charge in [0.25, 0.3) is 5.91 Å². The number of aryl methyl sites for hydroxylation is 1. The van der Waals surface area contributed by atoms with Gasteiger partial charge in [0.2, 0.25) is 10.0 Å². The summed E-state index contributed by atoms with van der Waals surface area (Å²) in [6, 6.07) is 9.30. The van der Waals surface area contributed by atoms with Gasteiger partial charge in [-0.25, -0.2) is 13.1 Å². The first-order valence-electron chi connectivity index (χ1n) is 7.98. The SMILES string of the molecule is Cc1ccc(CNC(=O)c2cccc(S(=O)(=O)N[C@@H]3CCOC3)c2)o1. The Bertz CT molecular complexity index is 853. The van der Waals surface area contributed by atoms with E-state index in [1.807, 2.05) is 13.0 Å². The van der Waals surface area contributed by atoms with Gasteiger partial charge in [-0.1, -0.05) is 6.07 Å². The minimum Gasteiger partial charge on any atom is -0.465 e. The van der Waals surface area contributed by atoms with Crippen molar-refractivity contribution in [3.63, 3.8) is 0 Å². The molecule has 3 rings (SSSR count). The Hall–Kier alpha value is -2.16. The molecule has 1 aromatic heterocycles. The fourth-order valence-corrected chi connectivity index (χ4v) is 3.87. The van der Waals surface area contributed by atoms with Gasteiger partial charge in [-0.3, -0.25) is 4.79 Å². The van der Waals surface area contributed by atoms with Gasteiger partial charge in [0.05, 0.1) is 18.0 Å². The number of rotatable bonds is 6. The summed E-state index contributed by atoms with van der Waals surface area (Å²) in [6.45, 7) is 2.97. The Labute approximate surface area is 146 Å². The molecule has 0 saturated carbocycles. The minimum absolute atomic E-state index is 0.0564. The molecule has 2 heterocycles. The molecule has 0 bridgehead atoms. The Morgan fingerprint density at radius 3 is 2.80 bits per heavy atom. The van der Waals surface area contributed by atoms with E-state index in [0.29, 0.717) is 25.4 Å². The van der Waals surface area contributed by atoms with Crippen LogP contribution in [0.1, 0.15) is 28.3 Å². The van der Waals surface area contributed by atoms with Gasteiger partial charge >= 0.3 is 0 Å². The van der Waals surface area contributed by atoms with Crippen LogP contribution in [0.2, 0.25) is 0 Å². The lowest BCUT2D eigenvalue weighted by molar-refractivity contribution is 0.0947. The molecule has 1 aliphatic rings. The summed E-state index contributed by atoms with van der Waals surface area (Å²) in [6.07, 6.45) is 0.641. The van der Waals surface area contributed by atoms with E-state index in [1.165, 1.54) is 12.1 Å². The molecule has 134 valence electrons. The summed E-state index contributed by atoms with van der Waals surface area (Å²) in [5.41, 5.74) is 0.272. The number of furan rings is 1. The van der Waals surface area contributed by atoms with E-state index in [0.717, 1.165) is 5.76 Å². The van der Waals surface area contributed by atoms with Crippen molar-refractivity contribution in [1.82, 2.24) is 10.0 Å². The molecule has 1 amide bonds. The summed E-state index contributed by atoms with van der Waals surface area (Å²) in [7, 11) is -3.69. The molecular formula is C17H20N2O5S. The van der Waals surface area contributed by atoms with Crippen LogP contribution in [0.15, 0.2) is 45.7 Å². The summed E-state index contributed by atoms with van der Waals surface area (Å²) >= 11 is 0. The summed E-state index contributed by atoms with van der Waals surface area (Å²) in [4.78, 5) is 12.3. The van der Waals surface area contributed by atoms with Crippen molar-refractivity contribution in [2.45, 2.75) is 30.8 Å². The maximum atomic E-state index is 12.4. The van der Waals surface area contributed by atoms with Crippen LogP contribution in [0.4, 0.5) is 0 Å².